The molecule has 1 N–H and O–H groups in total. The van der Waals surface area contributed by atoms with Gasteiger partial charge in [-0.15, -0.1) is 0 Å². The van der Waals surface area contributed by atoms with E-state index in [1.807, 2.05) is 0 Å². The molecule has 8 heteroatoms. The number of nitrogens with one attached hydrogen (secondary N) is 1. The highest BCUT2D eigenvalue weighted by atomic mass is 19.4. The van der Waals surface area contributed by atoms with E-state index in [-0.39, 0.29) is 11.7 Å². The third-order valence-electron chi connectivity index (χ3n) is 3.64. The van der Waals surface area contributed by atoms with Gasteiger partial charge in [0.1, 0.15) is 11.8 Å². The molecule has 1 aromatic rings. The molecule has 1 fully saturated rings. The van der Waals surface area contributed by atoms with Gasteiger partial charge in [0, 0.05) is 18.8 Å². The minimum Gasteiger partial charge on any atom is -0.484 e. The van der Waals surface area contributed by atoms with Crippen LogP contribution in [0.1, 0.15) is 12.5 Å². The van der Waals surface area contributed by atoms with Crippen molar-refractivity contribution in [2.75, 3.05) is 38.2 Å². The van der Waals surface area contributed by atoms with Crippen LogP contribution in [-0.2, 0) is 9.53 Å². The number of morpholine rings is 1. The Morgan fingerprint density at radius 1 is 1.38 bits per heavy atom. The lowest BCUT2D eigenvalue weighted by Gasteiger charge is -2.29. The van der Waals surface area contributed by atoms with Crippen LogP contribution in [0.15, 0.2) is 18.2 Å². The Hall–Kier alpha value is -1.96. The van der Waals surface area contributed by atoms with Crippen molar-refractivity contribution in [2.45, 2.75) is 26.1 Å². The number of hydrogen-bond acceptors (Lipinski definition) is 4. The van der Waals surface area contributed by atoms with E-state index in [2.05, 4.69) is 5.32 Å². The van der Waals surface area contributed by atoms with E-state index in [9.17, 15) is 18.0 Å². The maximum atomic E-state index is 12.3. The van der Waals surface area contributed by atoms with E-state index in [0.29, 0.717) is 37.6 Å². The van der Waals surface area contributed by atoms with Crippen molar-refractivity contribution in [3.8, 4) is 5.75 Å². The number of ether oxygens (including phenoxy) is 2. The summed E-state index contributed by atoms with van der Waals surface area (Å²) >= 11 is 0. The van der Waals surface area contributed by atoms with Crippen molar-refractivity contribution in [1.82, 2.24) is 4.90 Å². The van der Waals surface area contributed by atoms with Gasteiger partial charge in [-0.1, -0.05) is 0 Å². The molecular formula is C16H21F3N2O3. The second kappa shape index (κ2) is 7.74. The highest BCUT2D eigenvalue weighted by Crippen LogP contribution is 2.25. The van der Waals surface area contributed by atoms with Crippen LogP contribution in [0.5, 0.6) is 5.75 Å². The minimum absolute atomic E-state index is 0.0339. The number of carbonyl (C=O) groups excluding carboxylic acids is 1. The average molecular weight is 346 g/mol. The molecule has 0 saturated carbocycles. The number of nitrogens with zero attached hydrogens (tertiary/aromatic N) is 1. The van der Waals surface area contributed by atoms with Crippen LogP contribution in [0.4, 0.5) is 18.9 Å². The molecule has 1 atom stereocenters. The molecular weight excluding hydrogens is 325 g/mol. The number of anilines is 1. The minimum atomic E-state index is -4.37. The van der Waals surface area contributed by atoms with E-state index in [4.69, 9.17) is 9.47 Å². The normalized spacial score (nSPS) is 16.6. The monoisotopic (exact) mass is 346 g/mol. The molecule has 0 aliphatic carbocycles. The van der Waals surface area contributed by atoms with Gasteiger partial charge in [0.15, 0.2) is 6.61 Å². The Bertz CT molecular complexity index is 572. The highest BCUT2D eigenvalue weighted by Gasteiger charge is 2.28. The van der Waals surface area contributed by atoms with E-state index < -0.39 is 18.8 Å². The van der Waals surface area contributed by atoms with Gasteiger partial charge in [-0.25, -0.2) is 0 Å². The van der Waals surface area contributed by atoms with E-state index in [0.717, 1.165) is 0 Å². The summed E-state index contributed by atoms with van der Waals surface area (Å²) in [5, 5.41) is 3.07. The summed E-state index contributed by atoms with van der Waals surface area (Å²) in [6.07, 6.45) is -4.37. The Morgan fingerprint density at radius 3 is 2.62 bits per heavy atom. The Labute approximate surface area is 138 Å². The highest BCUT2D eigenvalue weighted by molar-refractivity contribution is 5.84. The Balaban J connectivity index is 1.94. The lowest BCUT2D eigenvalue weighted by atomic mass is 10.1. The molecule has 1 aliphatic heterocycles. The van der Waals surface area contributed by atoms with Crippen molar-refractivity contribution in [3.63, 3.8) is 0 Å². The van der Waals surface area contributed by atoms with Crippen LogP contribution in [0.25, 0.3) is 0 Å². The van der Waals surface area contributed by atoms with Gasteiger partial charge in [0.25, 0.3) is 0 Å². The zero-order valence-corrected chi connectivity index (χ0v) is 13.7. The molecule has 0 spiro atoms. The summed E-state index contributed by atoms with van der Waals surface area (Å²) in [6, 6.07) is 4.29. The predicted octanol–water partition coefficient (Wildman–Crippen LogP) is 2.60. The first-order chi connectivity index (χ1) is 11.3. The number of carbonyl (C=O) groups is 1. The summed E-state index contributed by atoms with van der Waals surface area (Å²) in [5.74, 6) is 0.137. The number of halogens is 3. The van der Waals surface area contributed by atoms with Crippen LogP contribution in [0, 0.1) is 6.92 Å². The third-order valence-corrected chi connectivity index (χ3v) is 3.64. The van der Waals surface area contributed by atoms with Gasteiger partial charge < -0.3 is 19.7 Å². The van der Waals surface area contributed by atoms with Crippen molar-refractivity contribution in [1.29, 1.82) is 0 Å². The van der Waals surface area contributed by atoms with Crippen LogP contribution in [0.2, 0.25) is 0 Å². The Kier molecular flexibility index (Phi) is 5.93. The standard InChI is InChI=1S/C16H21F3N2O3/c1-11-9-13(3-4-14(11)24-10-16(17,18)19)20-12(2)15(22)21-5-7-23-8-6-21/h3-4,9,12,20H,5-8,10H2,1-2H3/t12-/m1/s1. The van der Waals surface area contributed by atoms with Crippen LogP contribution < -0.4 is 10.1 Å². The van der Waals surface area contributed by atoms with E-state index in [1.54, 1.807) is 30.9 Å². The second-order valence-electron chi connectivity index (χ2n) is 5.69. The molecule has 1 aromatic carbocycles. The molecule has 1 saturated heterocycles. The second-order valence-corrected chi connectivity index (χ2v) is 5.69. The molecule has 1 amide bonds. The zero-order valence-electron chi connectivity index (χ0n) is 13.7. The molecule has 0 aromatic heterocycles. The third kappa shape index (κ3) is 5.30. The quantitative estimate of drug-likeness (QED) is 0.890. The van der Waals surface area contributed by atoms with Gasteiger partial charge in [-0.3, -0.25) is 4.79 Å². The number of hydrogen-bond donors (Lipinski definition) is 1. The summed E-state index contributed by atoms with van der Waals surface area (Å²) < 4.78 is 46.6. The molecule has 0 radical (unpaired) electrons. The fraction of sp³-hybridized carbons (Fsp3) is 0.562. The van der Waals surface area contributed by atoms with Crippen molar-refractivity contribution in [2.24, 2.45) is 0 Å². The number of aryl methyl sites for hydroxylation is 1. The molecule has 2 rings (SSSR count). The summed E-state index contributed by atoms with van der Waals surface area (Å²) in [4.78, 5) is 14.1. The molecule has 1 heterocycles. The number of benzene rings is 1. The first kappa shape index (κ1) is 18.4. The lowest BCUT2D eigenvalue weighted by Crippen LogP contribution is -2.47. The number of amides is 1. The van der Waals surface area contributed by atoms with Crippen molar-refractivity contribution < 1.29 is 27.4 Å². The largest absolute Gasteiger partial charge is 0.484 e. The first-order valence-corrected chi connectivity index (χ1v) is 7.69. The Morgan fingerprint density at radius 2 is 2.04 bits per heavy atom. The van der Waals surface area contributed by atoms with Gasteiger partial charge in [0.05, 0.1) is 13.2 Å². The number of alkyl halides is 3. The van der Waals surface area contributed by atoms with Crippen LogP contribution in [-0.4, -0.2) is 55.9 Å². The molecule has 5 nitrogen and oxygen atoms in total. The number of rotatable bonds is 5. The topological polar surface area (TPSA) is 50.8 Å². The summed E-state index contributed by atoms with van der Waals surface area (Å²) in [6.45, 7) is 4.27. The van der Waals surface area contributed by atoms with Gasteiger partial charge in [0.2, 0.25) is 5.91 Å². The van der Waals surface area contributed by atoms with Gasteiger partial charge in [-0.2, -0.15) is 13.2 Å². The van der Waals surface area contributed by atoms with Crippen molar-refractivity contribution >= 4 is 11.6 Å². The summed E-state index contributed by atoms with van der Waals surface area (Å²) in [7, 11) is 0. The van der Waals surface area contributed by atoms with Crippen molar-refractivity contribution in [3.05, 3.63) is 23.8 Å². The molecule has 24 heavy (non-hydrogen) atoms. The van der Waals surface area contributed by atoms with E-state index in [1.165, 1.54) is 6.07 Å². The predicted molar refractivity (Wildman–Crippen MR) is 83.2 cm³/mol. The summed E-state index contributed by atoms with van der Waals surface area (Å²) in [5.41, 5.74) is 1.22. The fourth-order valence-corrected chi connectivity index (χ4v) is 2.43. The molecule has 0 unspecified atom stereocenters. The lowest BCUT2D eigenvalue weighted by molar-refractivity contribution is -0.153. The molecule has 134 valence electrons. The smallest absolute Gasteiger partial charge is 0.422 e. The van der Waals surface area contributed by atoms with Gasteiger partial charge >= 0.3 is 6.18 Å². The maximum Gasteiger partial charge on any atom is 0.422 e. The van der Waals surface area contributed by atoms with E-state index >= 15 is 0 Å². The van der Waals surface area contributed by atoms with Crippen LogP contribution in [0.3, 0.4) is 0 Å². The molecule has 0 bridgehead atoms. The maximum absolute atomic E-state index is 12.3. The zero-order chi connectivity index (χ0) is 17.7. The van der Waals surface area contributed by atoms with Crippen LogP contribution >= 0.6 is 0 Å². The van der Waals surface area contributed by atoms with Gasteiger partial charge in [-0.05, 0) is 37.6 Å². The average Bonchev–Trinajstić information content (AvgIpc) is 2.53. The molecule has 1 aliphatic rings. The fourth-order valence-electron chi connectivity index (χ4n) is 2.43. The first-order valence-electron chi connectivity index (χ1n) is 7.69. The SMILES string of the molecule is Cc1cc(N[C@H](C)C(=O)N2CCOCC2)ccc1OCC(F)(F)F.